The molecule has 0 aromatic rings. The van der Waals surface area contributed by atoms with Gasteiger partial charge in [0, 0.05) is 0 Å². The molecule has 0 amide bonds. The molecule has 74 valence electrons. The first-order valence-electron chi connectivity index (χ1n) is 4.54. The molecule has 0 radical (unpaired) electrons. The van der Waals surface area contributed by atoms with Crippen molar-refractivity contribution in [2.24, 2.45) is 5.41 Å². The SMILES string of the molecule is C=C/C(C)=C/C(O)CC(C)(C)C=C. The zero-order chi connectivity index (χ0) is 10.5. The molecule has 0 rings (SSSR count). The summed E-state index contributed by atoms with van der Waals surface area (Å²) < 4.78 is 0. The molecular formula is C12H20O. The summed E-state index contributed by atoms with van der Waals surface area (Å²) in [4.78, 5) is 0. The lowest BCUT2D eigenvalue weighted by molar-refractivity contribution is 0.173. The number of hydrogen-bond acceptors (Lipinski definition) is 1. The van der Waals surface area contributed by atoms with Crippen molar-refractivity contribution in [2.45, 2.75) is 33.3 Å². The second-order valence-electron chi connectivity index (χ2n) is 4.08. The monoisotopic (exact) mass is 180 g/mol. The Hall–Kier alpha value is -0.820. The fraction of sp³-hybridized carbons (Fsp3) is 0.500. The van der Waals surface area contributed by atoms with Crippen LogP contribution in [0, 0.1) is 5.41 Å². The maximum absolute atomic E-state index is 9.65. The van der Waals surface area contributed by atoms with E-state index in [9.17, 15) is 5.11 Å². The van der Waals surface area contributed by atoms with Gasteiger partial charge in [-0.05, 0) is 18.8 Å². The van der Waals surface area contributed by atoms with Crippen LogP contribution in [-0.4, -0.2) is 11.2 Å². The average Bonchev–Trinajstić information content (AvgIpc) is 2.03. The summed E-state index contributed by atoms with van der Waals surface area (Å²) in [6.45, 7) is 13.4. The molecule has 0 bridgehead atoms. The maximum atomic E-state index is 9.65. The molecule has 0 saturated carbocycles. The summed E-state index contributed by atoms with van der Waals surface area (Å²) in [6, 6.07) is 0. The van der Waals surface area contributed by atoms with Gasteiger partial charge in [0.2, 0.25) is 0 Å². The Balaban J connectivity index is 4.23. The van der Waals surface area contributed by atoms with Gasteiger partial charge in [-0.15, -0.1) is 6.58 Å². The van der Waals surface area contributed by atoms with Crippen molar-refractivity contribution in [3.63, 3.8) is 0 Å². The molecule has 0 aromatic carbocycles. The van der Waals surface area contributed by atoms with Gasteiger partial charge < -0.3 is 5.11 Å². The van der Waals surface area contributed by atoms with Crippen LogP contribution in [0.3, 0.4) is 0 Å². The molecule has 0 heterocycles. The van der Waals surface area contributed by atoms with E-state index >= 15 is 0 Å². The lowest BCUT2D eigenvalue weighted by Crippen LogP contribution is -2.16. The normalized spacial score (nSPS) is 15.2. The van der Waals surface area contributed by atoms with E-state index in [4.69, 9.17) is 0 Å². The van der Waals surface area contributed by atoms with E-state index in [1.807, 2.05) is 19.1 Å². The summed E-state index contributed by atoms with van der Waals surface area (Å²) in [5, 5.41) is 9.65. The number of allylic oxidation sites excluding steroid dienone is 3. The predicted octanol–water partition coefficient (Wildman–Crippen LogP) is 3.08. The van der Waals surface area contributed by atoms with Crippen LogP contribution >= 0.6 is 0 Å². The Morgan fingerprint density at radius 3 is 2.38 bits per heavy atom. The van der Waals surface area contributed by atoms with Crippen molar-refractivity contribution in [2.75, 3.05) is 0 Å². The molecular weight excluding hydrogens is 160 g/mol. The van der Waals surface area contributed by atoms with Gasteiger partial charge in [-0.3, -0.25) is 0 Å². The third-order valence-electron chi connectivity index (χ3n) is 2.07. The number of hydrogen-bond donors (Lipinski definition) is 1. The van der Waals surface area contributed by atoms with Crippen LogP contribution in [0.5, 0.6) is 0 Å². The van der Waals surface area contributed by atoms with Crippen molar-refractivity contribution >= 4 is 0 Å². The molecule has 1 heteroatoms. The summed E-state index contributed by atoms with van der Waals surface area (Å²) in [6.07, 6.45) is 5.71. The van der Waals surface area contributed by atoms with Crippen molar-refractivity contribution < 1.29 is 5.11 Å². The minimum Gasteiger partial charge on any atom is -0.389 e. The molecule has 1 nitrogen and oxygen atoms in total. The summed E-state index contributed by atoms with van der Waals surface area (Å²) in [7, 11) is 0. The van der Waals surface area contributed by atoms with E-state index in [2.05, 4.69) is 27.0 Å². The van der Waals surface area contributed by atoms with Crippen LogP contribution in [0.15, 0.2) is 37.0 Å². The molecule has 0 aliphatic heterocycles. The molecule has 1 N–H and O–H groups in total. The van der Waals surface area contributed by atoms with Gasteiger partial charge in [-0.1, -0.05) is 44.2 Å². The van der Waals surface area contributed by atoms with Crippen molar-refractivity contribution in [3.8, 4) is 0 Å². The lowest BCUT2D eigenvalue weighted by atomic mass is 9.86. The third kappa shape index (κ3) is 5.42. The predicted molar refractivity (Wildman–Crippen MR) is 58.6 cm³/mol. The fourth-order valence-corrected chi connectivity index (χ4v) is 1.05. The topological polar surface area (TPSA) is 20.2 Å². The van der Waals surface area contributed by atoms with Gasteiger partial charge in [0.25, 0.3) is 0 Å². The minimum absolute atomic E-state index is 0.0165. The standard InChI is InChI=1S/C12H20O/c1-6-10(3)8-11(13)9-12(4,5)7-2/h6-8,11,13H,1-2,9H2,3-5H3/b10-8+. The molecule has 0 fully saturated rings. The van der Waals surface area contributed by atoms with Crippen LogP contribution in [0.4, 0.5) is 0 Å². The first-order valence-corrected chi connectivity index (χ1v) is 4.54. The van der Waals surface area contributed by atoms with Crippen LogP contribution in [0.1, 0.15) is 27.2 Å². The van der Waals surface area contributed by atoms with Gasteiger partial charge in [-0.25, -0.2) is 0 Å². The summed E-state index contributed by atoms with van der Waals surface area (Å²) >= 11 is 0. The number of aliphatic hydroxyl groups excluding tert-OH is 1. The van der Waals surface area contributed by atoms with E-state index in [0.29, 0.717) is 6.42 Å². The van der Waals surface area contributed by atoms with Crippen LogP contribution in [0.2, 0.25) is 0 Å². The van der Waals surface area contributed by atoms with Crippen molar-refractivity contribution in [3.05, 3.63) is 37.0 Å². The highest BCUT2D eigenvalue weighted by atomic mass is 16.3. The van der Waals surface area contributed by atoms with Gasteiger partial charge >= 0.3 is 0 Å². The molecule has 0 aliphatic carbocycles. The molecule has 0 aromatic heterocycles. The molecule has 1 unspecified atom stereocenters. The van der Waals surface area contributed by atoms with Crippen molar-refractivity contribution in [1.29, 1.82) is 0 Å². The highest BCUT2D eigenvalue weighted by Crippen LogP contribution is 2.24. The Morgan fingerprint density at radius 1 is 1.46 bits per heavy atom. The van der Waals surface area contributed by atoms with E-state index in [1.54, 1.807) is 6.08 Å². The Bertz CT molecular complexity index is 211. The number of rotatable bonds is 5. The fourth-order valence-electron chi connectivity index (χ4n) is 1.05. The summed E-state index contributed by atoms with van der Waals surface area (Å²) in [5.74, 6) is 0. The molecule has 0 aliphatic rings. The zero-order valence-electron chi connectivity index (χ0n) is 8.88. The van der Waals surface area contributed by atoms with Crippen LogP contribution in [-0.2, 0) is 0 Å². The first-order chi connectivity index (χ1) is 5.91. The number of aliphatic hydroxyl groups is 1. The molecule has 0 saturated heterocycles. The quantitative estimate of drug-likeness (QED) is 0.509. The molecule has 1 atom stereocenters. The Labute approximate surface area is 81.5 Å². The molecule has 0 spiro atoms. The first kappa shape index (κ1) is 12.2. The van der Waals surface area contributed by atoms with Gasteiger partial charge in [-0.2, -0.15) is 0 Å². The molecule has 13 heavy (non-hydrogen) atoms. The van der Waals surface area contributed by atoms with Gasteiger partial charge in [0.1, 0.15) is 0 Å². The second kappa shape index (κ2) is 5.03. The summed E-state index contributed by atoms with van der Waals surface area (Å²) in [5.41, 5.74) is 0.990. The van der Waals surface area contributed by atoms with E-state index < -0.39 is 6.10 Å². The van der Waals surface area contributed by atoms with Gasteiger partial charge in [0.05, 0.1) is 6.10 Å². The largest absolute Gasteiger partial charge is 0.389 e. The Kier molecular flexibility index (Phi) is 4.71. The maximum Gasteiger partial charge on any atom is 0.0734 e. The minimum atomic E-state index is -0.411. The van der Waals surface area contributed by atoms with Gasteiger partial charge in [0.15, 0.2) is 0 Å². The van der Waals surface area contributed by atoms with Crippen LogP contribution < -0.4 is 0 Å². The average molecular weight is 180 g/mol. The Morgan fingerprint density at radius 2 is 2.00 bits per heavy atom. The smallest absolute Gasteiger partial charge is 0.0734 e. The van der Waals surface area contributed by atoms with E-state index in [-0.39, 0.29) is 5.41 Å². The second-order valence-corrected chi connectivity index (χ2v) is 4.08. The van der Waals surface area contributed by atoms with Crippen molar-refractivity contribution in [1.82, 2.24) is 0 Å². The van der Waals surface area contributed by atoms with E-state index in [1.165, 1.54) is 0 Å². The van der Waals surface area contributed by atoms with Crippen LogP contribution in [0.25, 0.3) is 0 Å². The van der Waals surface area contributed by atoms with E-state index in [0.717, 1.165) is 5.57 Å². The third-order valence-corrected chi connectivity index (χ3v) is 2.07. The lowest BCUT2D eigenvalue weighted by Gasteiger charge is -2.21. The zero-order valence-corrected chi connectivity index (χ0v) is 8.88. The highest BCUT2D eigenvalue weighted by Gasteiger charge is 2.16. The highest BCUT2D eigenvalue weighted by molar-refractivity contribution is 5.15.